The average Bonchev–Trinajstić information content (AvgIpc) is 2.84. The van der Waals surface area contributed by atoms with Gasteiger partial charge in [0.25, 0.3) is 0 Å². The predicted molar refractivity (Wildman–Crippen MR) is 76.7 cm³/mol. The van der Waals surface area contributed by atoms with E-state index >= 15 is 0 Å². The molecule has 1 aromatic carbocycles. The van der Waals surface area contributed by atoms with Gasteiger partial charge in [0.1, 0.15) is 16.6 Å². The molecule has 0 unspecified atom stereocenters. The van der Waals surface area contributed by atoms with Crippen LogP contribution in [0.4, 0.5) is 18.2 Å². The number of hydrogen-bond donors (Lipinski definition) is 2. The number of nitrogens with one attached hydrogen (secondary N) is 1. The molecule has 0 bridgehead atoms. The van der Waals surface area contributed by atoms with E-state index in [0.717, 1.165) is 17.6 Å². The summed E-state index contributed by atoms with van der Waals surface area (Å²) in [6, 6.07) is 6.62. The van der Waals surface area contributed by atoms with Crippen molar-refractivity contribution in [3.63, 3.8) is 0 Å². The summed E-state index contributed by atoms with van der Waals surface area (Å²) in [5.74, 6) is 0. The van der Waals surface area contributed by atoms with Crippen LogP contribution < -0.4 is 5.32 Å². The van der Waals surface area contributed by atoms with Crippen molar-refractivity contribution in [3.8, 4) is 6.07 Å². The van der Waals surface area contributed by atoms with Crippen molar-refractivity contribution in [2.24, 2.45) is 0 Å². The number of halogens is 4. The molecule has 0 aliphatic heterocycles. The van der Waals surface area contributed by atoms with Gasteiger partial charge in [-0.25, -0.2) is 0 Å². The summed E-state index contributed by atoms with van der Waals surface area (Å²) in [7, 11) is 0. The van der Waals surface area contributed by atoms with E-state index in [-0.39, 0.29) is 22.8 Å². The van der Waals surface area contributed by atoms with Crippen LogP contribution in [0.1, 0.15) is 22.8 Å². The van der Waals surface area contributed by atoms with E-state index in [9.17, 15) is 18.3 Å². The summed E-state index contributed by atoms with van der Waals surface area (Å²) in [4.78, 5) is 0. The fourth-order valence-electron chi connectivity index (χ4n) is 1.83. The van der Waals surface area contributed by atoms with E-state index < -0.39 is 17.8 Å². The first-order valence-electron chi connectivity index (χ1n) is 5.98. The molecule has 0 fully saturated rings. The molecule has 2 N–H and O–H groups in total. The lowest BCUT2D eigenvalue weighted by Crippen LogP contribution is -2.17. The van der Waals surface area contributed by atoms with Crippen molar-refractivity contribution >= 4 is 28.1 Å². The fraction of sp³-hybridized carbons (Fsp3) is 0.231. The number of rotatable bonds is 4. The van der Waals surface area contributed by atoms with Crippen LogP contribution in [0.2, 0.25) is 5.15 Å². The molecule has 1 heterocycles. The molecule has 0 amide bonds. The molecule has 0 aliphatic carbocycles. The van der Waals surface area contributed by atoms with Gasteiger partial charge in [-0.05, 0) is 23.2 Å². The standard InChI is InChI=1S/C13H9ClF3N3OS/c14-11-8(5-18)12(22-20-11)19-6-10(21)7-3-1-2-4-9(7)13(15,16)17/h1-4,10,19,21H,6H2/t10-/m1/s1. The normalized spacial score (nSPS) is 12.7. The maximum Gasteiger partial charge on any atom is 0.416 e. The van der Waals surface area contributed by atoms with Gasteiger partial charge >= 0.3 is 6.18 Å². The molecule has 22 heavy (non-hydrogen) atoms. The second-order valence-corrected chi connectivity index (χ2v) is 5.40. The number of hydrogen-bond acceptors (Lipinski definition) is 5. The van der Waals surface area contributed by atoms with Crippen molar-refractivity contribution in [2.45, 2.75) is 12.3 Å². The number of alkyl halides is 3. The van der Waals surface area contributed by atoms with Crippen molar-refractivity contribution in [3.05, 3.63) is 46.1 Å². The first kappa shape index (κ1) is 16.5. The zero-order valence-electron chi connectivity index (χ0n) is 10.9. The minimum atomic E-state index is -4.55. The molecule has 2 rings (SSSR count). The minimum Gasteiger partial charge on any atom is -0.387 e. The Morgan fingerprint density at radius 2 is 2.09 bits per heavy atom. The van der Waals surface area contributed by atoms with Crippen LogP contribution in [0, 0.1) is 11.3 Å². The third-order valence-electron chi connectivity index (χ3n) is 2.84. The Kier molecular flexibility index (Phi) is 4.90. The summed E-state index contributed by atoms with van der Waals surface area (Å²) in [6.07, 6.45) is -5.95. The van der Waals surface area contributed by atoms with E-state index in [1.54, 1.807) is 0 Å². The SMILES string of the molecule is N#Cc1c(Cl)nsc1NC[C@@H](O)c1ccccc1C(F)(F)F. The lowest BCUT2D eigenvalue weighted by atomic mass is 10.0. The molecule has 1 atom stereocenters. The molecule has 0 saturated heterocycles. The van der Waals surface area contributed by atoms with Gasteiger partial charge < -0.3 is 10.4 Å². The van der Waals surface area contributed by atoms with Crippen molar-refractivity contribution in [1.29, 1.82) is 5.26 Å². The summed E-state index contributed by atoms with van der Waals surface area (Å²) in [5.41, 5.74) is -1.04. The highest BCUT2D eigenvalue weighted by Gasteiger charge is 2.34. The highest BCUT2D eigenvalue weighted by molar-refractivity contribution is 7.10. The van der Waals surface area contributed by atoms with Crippen LogP contribution in [0.25, 0.3) is 0 Å². The van der Waals surface area contributed by atoms with Crippen LogP contribution in [0.3, 0.4) is 0 Å². The van der Waals surface area contributed by atoms with Gasteiger partial charge in [0, 0.05) is 6.54 Å². The third kappa shape index (κ3) is 3.50. The first-order chi connectivity index (χ1) is 10.3. The molecular formula is C13H9ClF3N3OS. The number of anilines is 1. The Bertz CT molecular complexity index is 711. The first-order valence-corrected chi connectivity index (χ1v) is 7.13. The summed E-state index contributed by atoms with van der Waals surface area (Å²) < 4.78 is 42.4. The van der Waals surface area contributed by atoms with Crippen LogP contribution in [0.15, 0.2) is 24.3 Å². The second kappa shape index (κ2) is 6.52. The number of aromatic nitrogens is 1. The third-order valence-corrected chi connectivity index (χ3v) is 4.02. The average molecular weight is 348 g/mol. The number of nitriles is 1. The Morgan fingerprint density at radius 3 is 2.73 bits per heavy atom. The summed E-state index contributed by atoms with van der Waals surface area (Å²) >= 11 is 6.59. The van der Waals surface area contributed by atoms with Gasteiger partial charge in [0.05, 0.1) is 11.7 Å². The van der Waals surface area contributed by atoms with Crippen LogP contribution in [-0.4, -0.2) is 16.0 Å². The van der Waals surface area contributed by atoms with Crippen molar-refractivity contribution < 1.29 is 18.3 Å². The highest BCUT2D eigenvalue weighted by atomic mass is 35.5. The van der Waals surface area contributed by atoms with E-state index in [1.165, 1.54) is 18.2 Å². The molecule has 0 aliphatic rings. The zero-order valence-corrected chi connectivity index (χ0v) is 12.4. The molecule has 0 saturated carbocycles. The largest absolute Gasteiger partial charge is 0.416 e. The maximum atomic E-state index is 12.9. The van der Waals surface area contributed by atoms with E-state index in [0.29, 0.717) is 5.00 Å². The highest BCUT2D eigenvalue weighted by Crippen LogP contribution is 2.35. The smallest absolute Gasteiger partial charge is 0.387 e. The van der Waals surface area contributed by atoms with Crippen LogP contribution >= 0.6 is 23.1 Å². The van der Waals surface area contributed by atoms with Crippen LogP contribution in [-0.2, 0) is 6.18 Å². The lowest BCUT2D eigenvalue weighted by Gasteiger charge is -2.17. The van der Waals surface area contributed by atoms with Gasteiger partial charge in [-0.1, -0.05) is 29.8 Å². The second-order valence-electron chi connectivity index (χ2n) is 4.27. The van der Waals surface area contributed by atoms with Crippen LogP contribution in [0.5, 0.6) is 0 Å². The molecule has 116 valence electrons. The molecule has 0 spiro atoms. The van der Waals surface area contributed by atoms with E-state index in [4.69, 9.17) is 16.9 Å². The molecule has 0 radical (unpaired) electrons. The number of benzene rings is 1. The molecular weight excluding hydrogens is 339 g/mol. The van der Waals surface area contributed by atoms with Gasteiger partial charge in [-0.15, -0.1) is 0 Å². The number of aliphatic hydroxyl groups excluding tert-OH is 1. The Balaban J connectivity index is 2.17. The molecule has 9 heteroatoms. The molecule has 2 aromatic rings. The van der Waals surface area contributed by atoms with E-state index in [2.05, 4.69) is 9.69 Å². The topological polar surface area (TPSA) is 68.9 Å². The van der Waals surface area contributed by atoms with Crippen molar-refractivity contribution in [2.75, 3.05) is 11.9 Å². The molecule has 4 nitrogen and oxygen atoms in total. The Hall–Kier alpha value is -1.82. The Morgan fingerprint density at radius 1 is 1.41 bits per heavy atom. The summed E-state index contributed by atoms with van der Waals surface area (Å²) in [5, 5.41) is 21.9. The zero-order chi connectivity index (χ0) is 16.3. The van der Waals surface area contributed by atoms with E-state index in [1.807, 2.05) is 6.07 Å². The minimum absolute atomic E-state index is 0.0141. The predicted octanol–water partition coefficient (Wildman–Crippen LogP) is 3.83. The monoisotopic (exact) mass is 347 g/mol. The lowest BCUT2D eigenvalue weighted by molar-refractivity contribution is -0.139. The quantitative estimate of drug-likeness (QED) is 0.882. The maximum absolute atomic E-state index is 12.9. The van der Waals surface area contributed by atoms with Gasteiger partial charge in [0.2, 0.25) is 0 Å². The Labute approximate surface area is 132 Å². The number of aliphatic hydroxyl groups is 1. The summed E-state index contributed by atoms with van der Waals surface area (Å²) in [6.45, 7) is -0.208. The van der Waals surface area contributed by atoms with Gasteiger partial charge in [-0.3, -0.25) is 0 Å². The van der Waals surface area contributed by atoms with Crippen molar-refractivity contribution in [1.82, 2.24) is 4.37 Å². The molecule has 1 aromatic heterocycles. The fourth-order valence-corrected chi connectivity index (χ4v) is 2.77. The van der Waals surface area contributed by atoms with Gasteiger partial charge in [-0.2, -0.15) is 22.8 Å². The number of nitrogens with zero attached hydrogens (tertiary/aromatic N) is 2. The van der Waals surface area contributed by atoms with Gasteiger partial charge in [0.15, 0.2) is 5.15 Å².